The van der Waals surface area contributed by atoms with Crippen molar-refractivity contribution in [3.63, 3.8) is 0 Å². The maximum Gasteiger partial charge on any atom is 0.191 e. The molecule has 2 heterocycles. The number of aryl methyl sites for hydroxylation is 1. The highest BCUT2D eigenvalue weighted by molar-refractivity contribution is 5.80. The van der Waals surface area contributed by atoms with Crippen molar-refractivity contribution < 1.29 is 4.74 Å². The third-order valence-corrected chi connectivity index (χ3v) is 5.28. The van der Waals surface area contributed by atoms with Gasteiger partial charge in [-0.05, 0) is 44.2 Å². The Kier molecular flexibility index (Phi) is 5.14. The van der Waals surface area contributed by atoms with Crippen LogP contribution in [-0.2, 0) is 10.2 Å². The van der Waals surface area contributed by atoms with E-state index in [0.29, 0.717) is 18.2 Å². The van der Waals surface area contributed by atoms with Crippen molar-refractivity contribution in [1.29, 1.82) is 0 Å². The van der Waals surface area contributed by atoms with E-state index in [9.17, 15) is 0 Å². The average Bonchev–Trinajstić information content (AvgIpc) is 3.16. The molecule has 2 aliphatic heterocycles. The van der Waals surface area contributed by atoms with Gasteiger partial charge in [0.1, 0.15) is 0 Å². The lowest BCUT2D eigenvalue weighted by Crippen LogP contribution is -2.47. The van der Waals surface area contributed by atoms with E-state index in [1.54, 1.807) is 0 Å². The van der Waals surface area contributed by atoms with Gasteiger partial charge < -0.3 is 15.4 Å². The summed E-state index contributed by atoms with van der Waals surface area (Å²) < 4.78 is 5.95. The Hall–Kier alpha value is -1.55. The summed E-state index contributed by atoms with van der Waals surface area (Å²) in [4.78, 5) is 4.89. The lowest BCUT2D eigenvalue weighted by atomic mass is 9.82. The van der Waals surface area contributed by atoms with Crippen molar-refractivity contribution in [3.8, 4) is 0 Å². The molecule has 2 saturated heterocycles. The summed E-state index contributed by atoms with van der Waals surface area (Å²) in [5.41, 5.74) is 2.71. The smallest absolute Gasteiger partial charge is 0.191 e. The number of hydrogen-bond acceptors (Lipinski definition) is 2. The fourth-order valence-corrected chi connectivity index (χ4v) is 3.98. The lowest BCUT2D eigenvalue weighted by molar-refractivity contribution is 0.0992. The number of aliphatic imine (C=N–C) groups is 1. The first kappa shape index (κ1) is 17.3. The van der Waals surface area contributed by atoms with Crippen molar-refractivity contribution in [2.24, 2.45) is 4.99 Å². The molecule has 3 rings (SSSR count). The number of benzene rings is 1. The summed E-state index contributed by atoms with van der Waals surface area (Å²) in [5.74, 6) is 0.917. The van der Waals surface area contributed by atoms with Crippen LogP contribution < -0.4 is 10.6 Å². The molecule has 1 aromatic rings. The normalized spacial score (nSPS) is 26.7. The molecule has 4 heteroatoms. The van der Waals surface area contributed by atoms with E-state index in [1.165, 1.54) is 24.0 Å². The molecule has 2 N–H and O–H groups in total. The highest BCUT2D eigenvalue weighted by atomic mass is 16.5. The molecule has 1 aromatic carbocycles. The molecule has 0 aliphatic carbocycles. The van der Waals surface area contributed by atoms with Crippen LogP contribution in [0.4, 0.5) is 0 Å². The number of nitrogens with one attached hydrogen (secondary N) is 2. The van der Waals surface area contributed by atoms with Crippen LogP contribution in [-0.4, -0.2) is 37.3 Å². The number of rotatable bonds is 5. The van der Waals surface area contributed by atoms with Crippen LogP contribution in [0.2, 0.25) is 0 Å². The highest BCUT2D eigenvalue weighted by Gasteiger charge is 2.41. The largest absolute Gasteiger partial charge is 0.373 e. The molecule has 0 amide bonds. The van der Waals surface area contributed by atoms with E-state index in [0.717, 1.165) is 25.5 Å². The summed E-state index contributed by atoms with van der Waals surface area (Å²) in [6.07, 6.45) is 4.32. The Morgan fingerprint density at radius 3 is 2.71 bits per heavy atom. The third kappa shape index (κ3) is 3.75. The van der Waals surface area contributed by atoms with Crippen molar-refractivity contribution >= 4 is 5.96 Å². The number of hydrogen-bond donors (Lipinski definition) is 2. The van der Waals surface area contributed by atoms with Gasteiger partial charge >= 0.3 is 0 Å². The zero-order valence-electron chi connectivity index (χ0n) is 15.4. The van der Waals surface area contributed by atoms with Crippen LogP contribution in [0.25, 0.3) is 0 Å². The van der Waals surface area contributed by atoms with Crippen molar-refractivity contribution in [2.45, 2.75) is 70.6 Å². The average molecular weight is 329 g/mol. The summed E-state index contributed by atoms with van der Waals surface area (Å²) in [7, 11) is 0. The maximum absolute atomic E-state index is 5.95. The maximum atomic E-state index is 5.95. The first-order chi connectivity index (χ1) is 11.5. The van der Waals surface area contributed by atoms with Crippen LogP contribution in [0.15, 0.2) is 29.3 Å². The predicted molar refractivity (Wildman–Crippen MR) is 99.6 cm³/mol. The molecule has 2 aliphatic rings. The van der Waals surface area contributed by atoms with E-state index in [-0.39, 0.29) is 5.41 Å². The number of fused-ring (bicyclic) bond motifs is 2. The molecule has 0 spiro atoms. The minimum Gasteiger partial charge on any atom is -0.373 e. The second-order valence-corrected chi connectivity index (χ2v) is 7.75. The number of nitrogens with zero attached hydrogens (tertiary/aromatic N) is 1. The first-order valence-electron chi connectivity index (χ1n) is 9.26. The molecule has 4 nitrogen and oxygen atoms in total. The summed E-state index contributed by atoms with van der Waals surface area (Å²) >= 11 is 0. The van der Waals surface area contributed by atoms with Crippen LogP contribution >= 0.6 is 0 Å². The molecule has 0 radical (unpaired) electrons. The monoisotopic (exact) mass is 329 g/mol. The van der Waals surface area contributed by atoms with Gasteiger partial charge in [0, 0.05) is 12.0 Å². The quantitative estimate of drug-likeness (QED) is 0.644. The Balaban J connectivity index is 1.68. The molecule has 24 heavy (non-hydrogen) atoms. The van der Waals surface area contributed by atoms with E-state index in [1.807, 2.05) is 0 Å². The second kappa shape index (κ2) is 7.14. The van der Waals surface area contributed by atoms with Crippen LogP contribution in [0.3, 0.4) is 0 Å². The van der Waals surface area contributed by atoms with Gasteiger partial charge in [0.25, 0.3) is 0 Å². The van der Waals surface area contributed by atoms with Gasteiger partial charge in [0.2, 0.25) is 0 Å². The van der Waals surface area contributed by atoms with Gasteiger partial charge in [-0.25, -0.2) is 0 Å². The van der Waals surface area contributed by atoms with Crippen LogP contribution in [0.1, 0.15) is 51.2 Å². The van der Waals surface area contributed by atoms with E-state index in [4.69, 9.17) is 9.73 Å². The minimum atomic E-state index is 0.0128. The number of guanidine groups is 1. The topological polar surface area (TPSA) is 45.7 Å². The second-order valence-electron chi connectivity index (χ2n) is 7.75. The third-order valence-electron chi connectivity index (χ3n) is 5.28. The molecular formula is C20H31N3O. The van der Waals surface area contributed by atoms with Gasteiger partial charge in [0.05, 0.1) is 24.8 Å². The van der Waals surface area contributed by atoms with Crippen molar-refractivity contribution in [2.75, 3.05) is 13.1 Å². The molecule has 2 bridgehead atoms. The van der Waals surface area contributed by atoms with Gasteiger partial charge in [-0.1, -0.05) is 38.1 Å². The SMILES string of the molecule is CCNC(=NCC(C)(C)c1ccccc1C)NC1CC2CCC1O2. The first-order valence-corrected chi connectivity index (χ1v) is 9.26. The predicted octanol–water partition coefficient (Wildman–Crippen LogP) is 3.15. The van der Waals surface area contributed by atoms with Gasteiger partial charge in [-0.3, -0.25) is 4.99 Å². The molecule has 0 saturated carbocycles. The molecular weight excluding hydrogens is 298 g/mol. The Bertz CT molecular complexity index is 596. The van der Waals surface area contributed by atoms with Crippen LogP contribution in [0, 0.1) is 6.92 Å². The fourth-order valence-electron chi connectivity index (χ4n) is 3.98. The molecule has 2 fully saturated rings. The lowest BCUT2D eigenvalue weighted by Gasteiger charge is -2.27. The summed E-state index contributed by atoms with van der Waals surface area (Å²) in [6, 6.07) is 9.01. The fraction of sp³-hybridized carbons (Fsp3) is 0.650. The van der Waals surface area contributed by atoms with Crippen molar-refractivity contribution in [3.05, 3.63) is 35.4 Å². The zero-order chi connectivity index (χ0) is 17.2. The standard InChI is InChI=1S/C20H31N3O/c1-5-21-19(23-17-12-15-10-11-18(17)24-15)22-13-20(3,4)16-9-7-6-8-14(16)2/h6-9,15,17-18H,5,10-13H2,1-4H3,(H2,21,22,23). The van der Waals surface area contributed by atoms with Gasteiger partial charge in [0.15, 0.2) is 5.96 Å². The van der Waals surface area contributed by atoms with E-state index < -0.39 is 0 Å². The van der Waals surface area contributed by atoms with E-state index in [2.05, 4.69) is 62.6 Å². The van der Waals surface area contributed by atoms with E-state index >= 15 is 0 Å². The highest BCUT2D eigenvalue weighted by Crippen LogP contribution is 2.34. The van der Waals surface area contributed by atoms with Crippen molar-refractivity contribution in [1.82, 2.24) is 10.6 Å². The molecule has 132 valence electrons. The molecule has 3 atom stereocenters. The van der Waals surface area contributed by atoms with Gasteiger partial charge in [-0.15, -0.1) is 0 Å². The minimum absolute atomic E-state index is 0.0128. The number of ether oxygens (including phenoxy) is 1. The summed E-state index contributed by atoms with van der Waals surface area (Å²) in [5, 5.41) is 6.99. The Labute approximate surface area is 146 Å². The van der Waals surface area contributed by atoms with Gasteiger partial charge in [-0.2, -0.15) is 0 Å². The Morgan fingerprint density at radius 1 is 1.29 bits per heavy atom. The molecule has 0 aromatic heterocycles. The van der Waals surface area contributed by atoms with Crippen LogP contribution in [0.5, 0.6) is 0 Å². The Morgan fingerprint density at radius 2 is 2.08 bits per heavy atom. The zero-order valence-corrected chi connectivity index (χ0v) is 15.4. The molecule has 3 unspecified atom stereocenters. The summed E-state index contributed by atoms with van der Waals surface area (Å²) in [6.45, 7) is 10.5.